The molecule has 2 N–H and O–H groups in total. The lowest BCUT2D eigenvalue weighted by molar-refractivity contribution is -0.119. The standard InChI is InChI=1S/C28H27N5O2S/c1-19-17-21(13-14-22(19)30-25(34)18-35-2)33-27(26(31-28(33)36)23-11-6-7-15-29-23)24-12-8-16-32(24)20-9-4-3-5-10-20/h3-17,26-27H,18H2,1-2H3,(H,30,34)(H,31,36)/t26-,27-/m1/s1. The van der Waals surface area contributed by atoms with Gasteiger partial charge in [-0.1, -0.05) is 24.3 Å². The Balaban J connectivity index is 1.58. The van der Waals surface area contributed by atoms with Crippen molar-refractivity contribution in [1.29, 1.82) is 0 Å². The van der Waals surface area contributed by atoms with Crippen molar-refractivity contribution in [3.63, 3.8) is 0 Å². The van der Waals surface area contributed by atoms with E-state index in [4.69, 9.17) is 17.0 Å². The van der Waals surface area contributed by atoms with Gasteiger partial charge in [0, 0.05) is 42.3 Å². The average molecular weight is 498 g/mol. The topological polar surface area (TPSA) is 71.4 Å². The first kappa shape index (κ1) is 23.7. The van der Waals surface area contributed by atoms with Crippen LogP contribution in [-0.4, -0.2) is 34.3 Å². The first-order chi connectivity index (χ1) is 17.6. The van der Waals surface area contributed by atoms with E-state index in [0.717, 1.165) is 34.0 Å². The van der Waals surface area contributed by atoms with Crippen LogP contribution in [-0.2, 0) is 9.53 Å². The van der Waals surface area contributed by atoms with Crippen molar-refractivity contribution < 1.29 is 9.53 Å². The molecule has 0 radical (unpaired) electrons. The molecule has 0 aliphatic carbocycles. The zero-order valence-corrected chi connectivity index (χ0v) is 20.9. The van der Waals surface area contributed by atoms with E-state index in [9.17, 15) is 4.79 Å². The van der Waals surface area contributed by atoms with Crippen LogP contribution >= 0.6 is 12.2 Å². The highest BCUT2D eigenvalue weighted by atomic mass is 32.1. The molecule has 7 nitrogen and oxygen atoms in total. The first-order valence-electron chi connectivity index (χ1n) is 11.7. The summed E-state index contributed by atoms with van der Waals surface area (Å²) in [7, 11) is 1.50. The summed E-state index contributed by atoms with van der Waals surface area (Å²) in [6, 6.07) is 26.0. The minimum atomic E-state index is -0.194. The Morgan fingerprint density at radius 2 is 1.86 bits per heavy atom. The number of pyridine rings is 1. The van der Waals surface area contributed by atoms with Crippen LogP contribution in [0.1, 0.15) is 29.0 Å². The molecule has 1 amide bonds. The minimum Gasteiger partial charge on any atom is -0.375 e. The number of thiocarbonyl (C=S) groups is 1. The van der Waals surface area contributed by atoms with E-state index in [1.54, 1.807) is 6.20 Å². The number of anilines is 2. The van der Waals surface area contributed by atoms with Crippen LogP contribution < -0.4 is 15.5 Å². The highest BCUT2D eigenvalue weighted by molar-refractivity contribution is 7.80. The molecule has 8 heteroatoms. The quantitative estimate of drug-likeness (QED) is 0.353. The van der Waals surface area contributed by atoms with Crippen LogP contribution in [0.15, 0.2) is 91.3 Å². The fraction of sp³-hybridized carbons (Fsp3) is 0.179. The van der Waals surface area contributed by atoms with Gasteiger partial charge in [0.1, 0.15) is 12.6 Å². The number of benzene rings is 2. The first-order valence-corrected chi connectivity index (χ1v) is 12.1. The number of aromatic nitrogens is 2. The summed E-state index contributed by atoms with van der Waals surface area (Å²) in [5.74, 6) is -0.194. The molecule has 1 fully saturated rings. The Bertz CT molecular complexity index is 1370. The van der Waals surface area contributed by atoms with Crippen LogP contribution in [0.5, 0.6) is 0 Å². The van der Waals surface area contributed by atoms with Crippen molar-refractivity contribution in [2.75, 3.05) is 23.9 Å². The van der Waals surface area contributed by atoms with E-state index in [-0.39, 0.29) is 24.6 Å². The average Bonchev–Trinajstić information content (AvgIpc) is 3.51. The Hall–Kier alpha value is -4.01. The number of nitrogens with one attached hydrogen (secondary N) is 2. The summed E-state index contributed by atoms with van der Waals surface area (Å²) in [5.41, 5.74) is 5.66. The minimum absolute atomic E-state index is 0.00558. The third kappa shape index (κ3) is 4.60. The molecule has 0 spiro atoms. The summed E-state index contributed by atoms with van der Waals surface area (Å²) < 4.78 is 7.13. The molecule has 1 aliphatic rings. The van der Waals surface area contributed by atoms with Gasteiger partial charge in [-0.2, -0.15) is 0 Å². The monoisotopic (exact) mass is 497 g/mol. The zero-order valence-electron chi connectivity index (χ0n) is 20.1. The largest absolute Gasteiger partial charge is 0.375 e. The molecule has 1 aliphatic heterocycles. The van der Waals surface area contributed by atoms with E-state index >= 15 is 0 Å². The molecule has 4 aromatic rings. The third-order valence-corrected chi connectivity index (χ3v) is 6.57. The second kappa shape index (κ2) is 10.3. The summed E-state index contributed by atoms with van der Waals surface area (Å²) in [6.07, 6.45) is 3.87. The molecule has 3 heterocycles. The van der Waals surface area contributed by atoms with E-state index in [2.05, 4.69) is 55.5 Å². The van der Waals surface area contributed by atoms with Crippen LogP contribution in [0.4, 0.5) is 11.4 Å². The fourth-order valence-electron chi connectivity index (χ4n) is 4.65. The Morgan fingerprint density at radius 1 is 1.06 bits per heavy atom. The van der Waals surface area contributed by atoms with Crippen molar-refractivity contribution in [3.05, 3.63) is 108 Å². The Labute approximate surface area is 215 Å². The maximum atomic E-state index is 12.1. The van der Waals surface area contributed by atoms with Gasteiger partial charge in [0.15, 0.2) is 5.11 Å². The molecule has 0 unspecified atom stereocenters. The lowest BCUT2D eigenvalue weighted by Gasteiger charge is -2.29. The number of carbonyl (C=O) groups excluding carboxylic acids is 1. The molecule has 1 saturated heterocycles. The number of para-hydroxylation sites is 1. The predicted molar refractivity (Wildman–Crippen MR) is 145 cm³/mol. The van der Waals surface area contributed by atoms with E-state index in [1.807, 2.05) is 61.5 Å². The number of carbonyl (C=O) groups is 1. The molecule has 36 heavy (non-hydrogen) atoms. The molecule has 2 atom stereocenters. The lowest BCUT2D eigenvalue weighted by atomic mass is 10.00. The highest BCUT2D eigenvalue weighted by Gasteiger charge is 2.42. The van der Waals surface area contributed by atoms with Gasteiger partial charge in [-0.3, -0.25) is 9.78 Å². The van der Waals surface area contributed by atoms with Crippen LogP contribution in [0, 0.1) is 6.92 Å². The molecular formula is C28H27N5O2S. The van der Waals surface area contributed by atoms with Gasteiger partial charge in [0.25, 0.3) is 0 Å². The van der Waals surface area contributed by atoms with Crippen molar-refractivity contribution in [1.82, 2.24) is 14.9 Å². The van der Waals surface area contributed by atoms with Gasteiger partial charge in [-0.15, -0.1) is 0 Å². The number of aryl methyl sites for hydroxylation is 1. The molecule has 0 saturated carbocycles. The fourth-order valence-corrected chi connectivity index (χ4v) is 4.99. The summed E-state index contributed by atoms with van der Waals surface area (Å²) in [6.45, 7) is 1.97. The van der Waals surface area contributed by atoms with Gasteiger partial charge < -0.3 is 24.8 Å². The maximum absolute atomic E-state index is 12.1. The van der Waals surface area contributed by atoms with Gasteiger partial charge in [0.05, 0.1) is 11.7 Å². The second-order valence-corrected chi connectivity index (χ2v) is 9.00. The van der Waals surface area contributed by atoms with Crippen molar-refractivity contribution in [2.24, 2.45) is 0 Å². The zero-order chi connectivity index (χ0) is 25.1. The number of hydrogen-bond donors (Lipinski definition) is 2. The number of methoxy groups -OCH3 is 1. The summed E-state index contributed by atoms with van der Waals surface area (Å²) in [5, 5.41) is 7.03. The molecule has 2 aromatic heterocycles. The second-order valence-electron chi connectivity index (χ2n) is 8.62. The van der Waals surface area contributed by atoms with Crippen molar-refractivity contribution in [2.45, 2.75) is 19.0 Å². The number of ether oxygens (including phenoxy) is 1. The predicted octanol–water partition coefficient (Wildman–Crippen LogP) is 4.94. The molecule has 5 rings (SSSR count). The number of hydrogen-bond acceptors (Lipinski definition) is 4. The molecular weight excluding hydrogens is 470 g/mol. The van der Waals surface area contributed by atoms with E-state index < -0.39 is 0 Å². The van der Waals surface area contributed by atoms with Gasteiger partial charge in [0.2, 0.25) is 5.91 Å². The van der Waals surface area contributed by atoms with Crippen molar-refractivity contribution >= 4 is 34.6 Å². The number of rotatable bonds is 7. The maximum Gasteiger partial charge on any atom is 0.250 e. The Kier molecular flexibility index (Phi) is 6.79. The third-order valence-electron chi connectivity index (χ3n) is 6.25. The lowest BCUT2D eigenvalue weighted by Crippen LogP contribution is -2.30. The summed E-state index contributed by atoms with van der Waals surface area (Å²) in [4.78, 5) is 18.8. The van der Waals surface area contributed by atoms with E-state index in [1.165, 1.54) is 7.11 Å². The molecule has 2 aromatic carbocycles. The SMILES string of the molecule is COCC(=O)Nc1ccc(N2C(=S)N[C@H](c3ccccn3)[C@H]2c2cccn2-c2ccccc2)cc1C. The number of amides is 1. The van der Waals surface area contributed by atoms with Crippen molar-refractivity contribution in [3.8, 4) is 5.69 Å². The van der Waals surface area contributed by atoms with Crippen LogP contribution in [0.25, 0.3) is 5.69 Å². The van der Waals surface area contributed by atoms with Crippen LogP contribution in [0.3, 0.4) is 0 Å². The highest BCUT2D eigenvalue weighted by Crippen LogP contribution is 2.42. The number of nitrogens with zero attached hydrogens (tertiary/aromatic N) is 3. The Morgan fingerprint density at radius 3 is 2.58 bits per heavy atom. The van der Waals surface area contributed by atoms with Gasteiger partial charge in [-0.05, 0) is 79.3 Å². The van der Waals surface area contributed by atoms with E-state index in [0.29, 0.717) is 5.11 Å². The smallest absolute Gasteiger partial charge is 0.250 e. The molecule has 182 valence electrons. The molecule has 0 bridgehead atoms. The summed E-state index contributed by atoms with van der Waals surface area (Å²) >= 11 is 5.88. The van der Waals surface area contributed by atoms with Gasteiger partial charge in [-0.25, -0.2) is 0 Å². The van der Waals surface area contributed by atoms with Gasteiger partial charge >= 0.3 is 0 Å². The normalized spacial score (nSPS) is 17.2. The van der Waals surface area contributed by atoms with Crippen LogP contribution in [0.2, 0.25) is 0 Å².